The Morgan fingerprint density at radius 1 is 1.12 bits per heavy atom. The Bertz CT molecular complexity index is 1020. The molecule has 0 saturated heterocycles. The zero-order valence-electron chi connectivity index (χ0n) is 14.6. The van der Waals surface area contributed by atoms with Crippen LogP contribution >= 0.6 is 11.8 Å². The summed E-state index contributed by atoms with van der Waals surface area (Å²) in [6, 6.07) is 15.8. The molecule has 1 aliphatic rings. The highest BCUT2D eigenvalue weighted by molar-refractivity contribution is 7.99. The molecular formula is C20H21N3O2S. The lowest BCUT2D eigenvalue weighted by atomic mass is 10.0. The number of aryl methyl sites for hydroxylation is 1. The highest BCUT2D eigenvalue weighted by atomic mass is 32.2. The first-order valence-corrected chi connectivity index (χ1v) is 9.86. The van der Waals surface area contributed by atoms with Gasteiger partial charge in [-0.15, -0.1) is 11.8 Å². The molecule has 0 spiro atoms. The van der Waals surface area contributed by atoms with Gasteiger partial charge in [-0.2, -0.15) is 0 Å². The second-order valence-corrected chi connectivity index (χ2v) is 7.53. The highest BCUT2D eigenvalue weighted by Crippen LogP contribution is 2.35. The number of amides is 1. The van der Waals surface area contributed by atoms with Crippen molar-refractivity contribution in [1.82, 2.24) is 14.5 Å². The molecule has 1 unspecified atom stereocenters. The van der Waals surface area contributed by atoms with Crippen LogP contribution in [0.4, 0.5) is 0 Å². The van der Waals surface area contributed by atoms with E-state index in [1.807, 2.05) is 55.1 Å². The van der Waals surface area contributed by atoms with Crippen molar-refractivity contribution >= 4 is 28.7 Å². The first-order chi connectivity index (χ1) is 12.7. The molecule has 4 rings (SSSR count). The highest BCUT2D eigenvalue weighted by Gasteiger charge is 2.23. The van der Waals surface area contributed by atoms with Crippen LogP contribution in [-0.4, -0.2) is 20.8 Å². The van der Waals surface area contributed by atoms with Crippen LogP contribution in [0.25, 0.3) is 11.0 Å². The van der Waals surface area contributed by atoms with Gasteiger partial charge in [0.2, 0.25) is 5.91 Å². The second-order valence-electron chi connectivity index (χ2n) is 6.40. The summed E-state index contributed by atoms with van der Waals surface area (Å²) in [7, 11) is 0. The number of carbonyl (C=O) groups is 1. The van der Waals surface area contributed by atoms with E-state index in [4.69, 9.17) is 0 Å². The number of hydrogen-bond acceptors (Lipinski definition) is 3. The zero-order chi connectivity index (χ0) is 18.1. The Balaban J connectivity index is 1.60. The average molecular weight is 367 g/mol. The van der Waals surface area contributed by atoms with E-state index in [9.17, 15) is 9.59 Å². The summed E-state index contributed by atoms with van der Waals surface area (Å²) in [5.74, 6) is 0.856. The number of nitrogens with one attached hydrogen (secondary N) is 1. The van der Waals surface area contributed by atoms with E-state index >= 15 is 0 Å². The van der Waals surface area contributed by atoms with Gasteiger partial charge in [0, 0.05) is 17.2 Å². The molecule has 1 atom stereocenters. The predicted octanol–water partition coefficient (Wildman–Crippen LogP) is 3.18. The molecule has 0 bridgehead atoms. The molecular weight excluding hydrogens is 346 g/mol. The molecule has 0 radical (unpaired) electrons. The van der Waals surface area contributed by atoms with Crippen LogP contribution in [0.5, 0.6) is 0 Å². The van der Waals surface area contributed by atoms with Gasteiger partial charge in [-0.25, -0.2) is 4.79 Å². The number of para-hydroxylation sites is 2. The lowest BCUT2D eigenvalue weighted by molar-refractivity contribution is -0.122. The van der Waals surface area contributed by atoms with E-state index < -0.39 is 0 Å². The maximum Gasteiger partial charge on any atom is 0.329 e. The quantitative estimate of drug-likeness (QED) is 0.771. The third kappa shape index (κ3) is 2.94. The summed E-state index contributed by atoms with van der Waals surface area (Å²) < 4.78 is 3.27. The summed E-state index contributed by atoms with van der Waals surface area (Å²) in [6.07, 6.45) is 0.902. The molecule has 3 aromatic rings. The maximum absolute atomic E-state index is 12.7. The number of aromatic nitrogens is 2. The number of hydrogen-bond donors (Lipinski definition) is 1. The standard InChI is InChI=1S/C20H21N3O2S/c1-2-22-16-8-4-5-9-17(16)23(20(22)25)13-19(24)21-15-11-12-26-18-10-6-3-7-14(15)18/h3-10,15H,2,11-13H2,1H3,(H,21,24). The van der Waals surface area contributed by atoms with E-state index in [-0.39, 0.29) is 24.2 Å². The van der Waals surface area contributed by atoms with Gasteiger partial charge in [0.25, 0.3) is 0 Å². The van der Waals surface area contributed by atoms with Gasteiger partial charge in [0.15, 0.2) is 0 Å². The fraction of sp³-hybridized carbons (Fsp3) is 0.300. The molecule has 6 heteroatoms. The molecule has 0 fully saturated rings. The topological polar surface area (TPSA) is 56.0 Å². The van der Waals surface area contributed by atoms with E-state index in [0.717, 1.165) is 23.2 Å². The van der Waals surface area contributed by atoms with Crippen molar-refractivity contribution < 1.29 is 4.79 Å². The van der Waals surface area contributed by atoms with Gasteiger partial charge in [-0.05, 0) is 37.1 Å². The minimum absolute atomic E-state index is 0.00942. The summed E-state index contributed by atoms with van der Waals surface area (Å²) in [4.78, 5) is 26.6. The third-order valence-corrected chi connectivity index (χ3v) is 5.96. The van der Waals surface area contributed by atoms with Crippen LogP contribution in [0.3, 0.4) is 0 Å². The van der Waals surface area contributed by atoms with Crippen LogP contribution in [0, 0.1) is 0 Å². The van der Waals surface area contributed by atoms with Gasteiger partial charge in [0.1, 0.15) is 6.54 Å². The SMILES string of the molecule is CCn1c(=O)n(CC(=O)NC2CCSc3ccccc32)c2ccccc21. The Kier molecular flexibility index (Phi) is 4.59. The van der Waals surface area contributed by atoms with Crippen molar-refractivity contribution in [1.29, 1.82) is 0 Å². The number of nitrogens with zero attached hydrogens (tertiary/aromatic N) is 2. The Labute approximate surface area is 156 Å². The predicted molar refractivity (Wildman–Crippen MR) is 105 cm³/mol. The molecule has 134 valence electrons. The van der Waals surface area contributed by atoms with E-state index in [2.05, 4.69) is 17.4 Å². The number of rotatable bonds is 4. The van der Waals surface area contributed by atoms with Gasteiger partial charge >= 0.3 is 5.69 Å². The Morgan fingerprint density at radius 2 is 1.81 bits per heavy atom. The normalized spacial score (nSPS) is 16.4. The smallest absolute Gasteiger partial charge is 0.329 e. The van der Waals surface area contributed by atoms with Gasteiger partial charge in [-0.3, -0.25) is 13.9 Å². The number of benzene rings is 2. The van der Waals surface area contributed by atoms with Crippen LogP contribution in [0.1, 0.15) is 24.9 Å². The molecule has 0 aliphatic carbocycles. The number of carbonyl (C=O) groups excluding carboxylic acids is 1. The number of fused-ring (bicyclic) bond motifs is 2. The first-order valence-electron chi connectivity index (χ1n) is 8.88. The molecule has 2 aromatic carbocycles. The van der Waals surface area contributed by atoms with Crippen LogP contribution in [-0.2, 0) is 17.9 Å². The molecule has 1 aliphatic heterocycles. The zero-order valence-corrected chi connectivity index (χ0v) is 15.5. The van der Waals surface area contributed by atoms with E-state index in [1.54, 1.807) is 9.13 Å². The first kappa shape index (κ1) is 17.0. The molecule has 2 heterocycles. The number of imidazole rings is 1. The van der Waals surface area contributed by atoms with Gasteiger partial charge in [0.05, 0.1) is 17.1 Å². The largest absolute Gasteiger partial charge is 0.348 e. The van der Waals surface area contributed by atoms with Crippen molar-refractivity contribution in [3.8, 4) is 0 Å². The van der Waals surface area contributed by atoms with Crippen molar-refractivity contribution in [2.45, 2.75) is 37.4 Å². The molecule has 1 N–H and O–H groups in total. The van der Waals surface area contributed by atoms with Crippen LogP contribution < -0.4 is 11.0 Å². The second kappa shape index (κ2) is 7.03. The summed E-state index contributed by atoms with van der Waals surface area (Å²) in [5.41, 5.74) is 2.70. The molecule has 26 heavy (non-hydrogen) atoms. The lowest BCUT2D eigenvalue weighted by Gasteiger charge is -2.25. The summed E-state index contributed by atoms with van der Waals surface area (Å²) in [5, 5.41) is 3.12. The Morgan fingerprint density at radius 3 is 2.58 bits per heavy atom. The third-order valence-electron chi connectivity index (χ3n) is 4.84. The summed E-state index contributed by atoms with van der Waals surface area (Å²) >= 11 is 1.82. The van der Waals surface area contributed by atoms with Gasteiger partial charge < -0.3 is 5.32 Å². The van der Waals surface area contributed by atoms with Crippen molar-refractivity contribution in [3.05, 3.63) is 64.6 Å². The minimum Gasteiger partial charge on any atom is -0.348 e. The Hall–Kier alpha value is -2.47. The van der Waals surface area contributed by atoms with E-state index in [0.29, 0.717) is 6.54 Å². The molecule has 1 aromatic heterocycles. The monoisotopic (exact) mass is 367 g/mol. The van der Waals surface area contributed by atoms with Crippen LogP contribution in [0.15, 0.2) is 58.2 Å². The molecule has 5 nitrogen and oxygen atoms in total. The lowest BCUT2D eigenvalue weighted by Crippen LogP contribution is -2.36. The average Bonchev–Trinajstić information content (AvgIpc) is 2.93. The number of thioether (sulfide) groups is 1. The van der Waals surface area contributed by atoms with Crippen LogP contribution in [0.2, 0.25) is 0 Å². The van der Waals surface area contributed by atoms with E-state index in [1.165, 1.54) is 10.5 Å². The summed E-state index contributed by atoms with van der Waals surface area (Å²) in [6.45, 7) is 2.56. The maximum atomic E-state index is 12.7. The fourth-order valence-electron chi connectivity index (χ4n) is 3.61. The fourth-order valence-corrected chi connectivity index (χ4v) is 4.73. The van der Waals surface area contributed by atoms with Crippen molar-refractivity contribution in [2.75, 3.05) is 5.75 Å². The van der Waals surface area contributed by atoms with Gasteiger partial charge in [-0.1, -0.05) is 30.3 Å². The van der Waals surface area contributed by atoms with Crippen molar-refractivity contribution in [3.63, 3.8) is 0 Å². The molecule has 0 saturated carbocycles. The van der Waals surface area contributed by atoms with Crippen molar-refractivity contribution in [2.24, 2.45) is 0 Å². The molecule has 1 amide bonds. The minimum atomic E-state index is -0.136.